The molecule has 2 amide bonds. The number of hydrogen-bond acceptors (Lipinski definition) is 6. The van der Waals surface area contributed by atoms with Crippen LogP contribution in [0.15, 0.2) is 41.5 Å². The first-order valence-electron chi connectivity index (χ1n) is 9.50. The van der Waals surface area contributed by atoms with Crippen LogP contribution in [0.3, 0.4) is 0 Å². The van der Waals surface area contributed by atoms with Gasteiger partial charge in [0, 0.05) is 5.56 Å². The third-order valence-electron chi connectivity index (χ3n) is 4.42. The Hall–Kier alpha value is -3.62. The van der Waals surface area contributed by atoms with Crippen LogP contribution in [0.5, 0.6) is 17.2 Å². The van der Waals surface area contributed by atoms with Gasteiger partial charge in [0.05, 0.1) is 27.5 Å². The van der Waals surface area contributed by atoms with Crippen molar-refractivity contribution in [2.75, 3.05) is 21.3 Å². The van der Waals surface area contributed by atoms with E-state index in [-0.39, 0.29) is 17.3 Å². The number of carbonyl (C=O) groups is 2. The highest BCUT2D eigenvalue weighted by Crippen LogP contribution is 2.38. The molecule has 2 rings (SSSR count). The molecule has 0 saturated carbocycles. The van der Waals surface area contributed by atoms with E-state index in [1.165, 1.54) is 63.9 Å². The first kappa shape index (κ1) is 23.7. The molecule has 166 valence electrons. The Morgan fingerprint density at radius 1 is 1.00 bits per heavy atom. The molecule has 0 saturated heterocycles. The predicted octanol–water partition coefficient (Wildman–Crippen LogP) is 2.76. The lowest BCUT2D eigenvalue weighted by atomic mass is 10.0. The normalized spacial score (nSPS) is 11.8. The van der Waals surface area contributed by atoms with Crippen molar-refractivity contribution in [1.82, 2.24) is 10.7 Å². The van der Waals surface area contributed by atoms with Crippen molar-refractivity contribution >= 4 is 18.0 Å². The van der Waals surface area contributed by atoms with Crippen LogP contribution in [0.1, 0.15) is 29.8 Å². The van der Waals surface area contributed by atoms with Gasteiger partial charge in [0.2, 0.25) is 5.75 Å². The third kappa shape index (κ3) is 6.18. The Bertz CT molecular complexity index is 920. The second-order valence-electron chi connectivity index (χ2n) is 6.89. The van der Waals surface area contributed by atoms with Gasteiger partial charge in [-0.3, -0.25) is 9.59 Å². The molecular weight excluding hydrogens is 405 g/mol. The van der Waals surface area contributed by atoms with Crippen LogP contribution in [0.25, 0.3) is 0 Å². The number of ether oxygens (including phenoxy) is 3. The Kier molecular flexibility index (Phi) is 8.36. The zero-order chi connectivity index (χ0) is 23.0. The summed E-state index contributed by atoms with van der Waals surface area (Å²) in [6.45, 7) is 3.59. The molecule has 2 aromatic carbocycles. The number of nitrogens with one attached hydrogen (secondary N) is 2. The van der Waals surface area contributed by atoms with Gasteiger partial charge in [-0.1, -0.05) is 26.0 Å². The van der Waals surface area contributed by atoms with E-state index in [0.717, 1.165) is 0 Å². The summed E-state index contributed by atoms with van der Waals surface area (Å²) < 4.78 is 28.7. The van der Waals surface area contributed by atoms with Gasteiger partial charge >= 0.3 is 0 Å². The second kappa shape index (κ2) is 11.0. The van der Waals surface area contributed by atoms with E-state index in [1.54, 1.807) is 13.8 Å². The third-order valence-corrected chi connectivity index (χ3v) is 4.42. The van der Waals surface area contributed by atoms with Gasteiger partial charge in [-0.05, 0) is 35.7 Å². The minimum absolute atomic E-state index is 0.216. The minimum atomic E-state index is -0.850. The molecule has 8 nitrogen and oxygen atoms in total. The Labute approximate surface area is 180 Å². The van der Waals surface area contributed by atoms with Crippen molar-refractivity contribution in [3.8, 4) is 17.2 Å². The molecule has 31 heavy (non-hydrogen) atoms. The molecule has 0 fully saturated rings. The van der Waals surface area contributed by atoms with Crippen LogP contribution in [0.4, 0.5) is 4.39 Å². The average molecular weight is 431 g/mol. The topological polar surface area (TPSA) is 98.2 Å². The SMILES string of the molecule is COc1cc(C(=O)NC(C(=O)N/N=C/c2ccc(F)cc2)C(C)C)cc(OC)c1OC. The molecule has 2 N–H and O–H groups in total. The summed E-state index contributed by atoms with van der Waals surface area (Å²) in [4.78, 5) is 25.4. The van der Waals surface area contributed by atoms with E-state index in [2.05, 4.69) is 15.8 Å². The number of halogens is 1. The molecule has 0 aromatic heterocycles. The van der Waals surface area contributed by atoms with E-state index in [9.17, 15) is 14.0 Å². The minimum Gasteiger partial charge on any atom is -0.493 e. The van der Waals surface area contributed by atoms with Gasteiger partial charge in [-0.2, -0.15) is 5.10 Å². The number of hydrogen-bond donors (Lipinski definition) is 2. The van der Waals surface area contributed by atoms with Crippen LogP contribution < -0.4 is 25.0 Å². The Balaban J connectivity index is 2.14. The maximum atomic E-state index is 13.0. The number of amides is 2. The van der Waals surface area contributed by atoms with Gasteiger partial charge in [-0.15, -0.1) is 0 Å². The smallest absolute Gasteiger partial charge is 0.262 e. The molecule has 0 heterocycles. The average Bonchev–Trinajstić information content (AvgIpc) is 2.77. The molecule has 0 aliphatic carbocycles. The van der Waals surface area contributed by atoms with E-state index in [0.29, 0.717) is 22.8 Å². The van der Waals surface area contributed by atoms with Crippen molar-refractivity contribution in [2.24, 2.45) is 11.0 Å². The number of methoxy groups -OCH3 is 3. The van der Waals surface area contributed by atoms with Crippen LogP contribution in [-0.4, -0.2) is 45.4 Å². The van der Waals surface area contributed by atoms with Crippen LogP contribution in [0, 0.1) is 11.7 Å². The maximum Gasteiger partial charge on any atom is 0.262 e. The number of carbonyl (C=O) groups excluding carboxylic acids is 2. The van der Waals surface area contributed by atoms with Gasteiger partial charge in [0.25, 0.3) is 11.8 Å². The molecule has 0 aliphatic heterocycles. The molecule has 9 heteroatoms. The lowest BCUT2D eigenvalue weighted by Crippen LogP contribution is -2.48. The summed E-state index contributed by atoms with van der Waals surface area (Å²) in [7, 11) is 4.36. The van der Waals surface area contributed by atoms with Crippen molar-refractivity contribution < 1.29 is 28.2 Å². The first-order valence-corrected chi connectivity index (χ1v) is 9.50. The fourth-order valence-corrected chi connectivity index (χ4v) is 2.76. The largest absolute Gasteiger partial charge is 0.493 e. The van der Waals surface area contributed by atoms with Crippen molar-refractivity contribution in [3.63, 3.8) is 0 Å². The van der Waals surface area contributed by atoms with E-state index < -0.39 is 17.9 Å². The summed E-state index contributed by atoms with van der Waals surface area (Å²) in [5, 5.41) is 6.58. The molecule has 0 bridgehead atoms. The van der Waals surface area contributed by atoms with Crippen LogP contribution in [0.2, 0.25) is 0 Å². The number of rotatable bonds is 9. The molecular formula is C22H26FN3O5. The van der Waals surface area contributed by atoms with E-state index in [1.807, 2.05) is 0 Å². The standard InChI is InChI=1S/C22H26FN3O5/c1-13(2)19(22(28)26-24-12-14-6-8-16(23)9-7-14)25-21(27)15-10-17(29-3)20(31-5)18(11-15)30-4/h6-13,19H,1-5H3,(H,25,27)(H,26,28)/b24-12+. The monoisotopic (exact) mass is 431 g/mol. The van der Waals surface area contributed by atoms with E-state index >= 15 is 0 Å². The van der Waals surface area contributed by atoms with E-state index in [4.69, 9.17) is 14.2 Å². The van der Waals surface area contributed by atoms with Gasteiger partial charge in [-0.25, -0.2) is 9.82 Å². The number of hydrazone groups is 1. The van der Waals surface area contributed by atoms with Crippen molar-refractivity contribution in [3.05, 3.63) is 53.3 Å². The number of benzene rings is 2. The summed E-state index contributed by atoms with van der Waals surface area (Å²) in [6, 6.07) is 7.78. The van der Waals surface area contributed by atoms with Gasteiger partial charge in [0.1, 0.15) is 11.9 Å². The van der Waals surface area contributed by atoms with Gasteiger partial charge in [0.15, 0.2) is 11.5 Å². The highest BCUT2D eigenvalue weighted by Gasteiger charge is 2.26. The lowest BCUT2D eigenvalue weighted by molar-refractivity contribution is -0.123. The first-order chi connectivity index (χ1) is 14.8. The predicted molar refractivity (Wildman–Crippen MR) is 114 cm³/mol. The number of nitrogens with zero attached hydrogens (tertiary/aromatic N) is 1. The fourth-order valence-electron chi connectivity index (χ4n) is 2.76. The molecule has 1 atom stereocenters. The maximum absolute atomic E-state index is 13.0. The second-order valence-corrected chi connectivity index (χ2v) is 6.89. The Morgan fingerprint density at radius 3 is 2.06 bits per heavy atom. The summed E-state index contributed by atoms with van der Waals surface area (Å²) in [5.41, 5.74) is 3.25. The van der Waals surface area contributed by atoms with Crippen molar-refractivity contribution in [1.29, 1.82) is 0 Å². The Morgan fingerprint density at radius 2 is 1.58 bits per heavy atom. The highest BCUT2D eigenvalue weighted by molar-refractivity contribution is 5.98. The van der Waals surface area contributed by atoms with Crippen LogP contribution >= 0.6 is 0 Å². The molecule has 0 radical (unpaired) electrons. The van der Waals surface area contributed by atoms with Crippen molar-refractivity contribution in [2.45, 2.75) is 19.9 Å². The quantitative estimate of drug-likeness (QED) is 0.470. The van der Waals surface area contributed by atoms with Gasteiger partial charge < -0.3 is 19.5 Å². The van der Waals surface area contributed by atoms with Crippen LogP contribution in [-0.2, 0) is 4.79 Å². The summed E-state index contributed by atoms with van der Waals surface area (Å²) in [5.74, 6) is -0.565. The summed E-state index contributed by atoms with van der Waals surface area (Å²) >= 11 is 0. The molecule has 0 aliphatic rings. The fraction of sp³-hybridized carbons (Fsp3) is 0.318. The molecule has 2 aromatic rings. The summed E-state index contributed by atoms with van der Waals surface area (Å²) in [6.07, 6.45) is 1.38. The zero-order valence-electron chi connectivity index (χ0n) is 18.1. The molecule has 1 unspecified atom stereocenters. The lowest BCUT2D eigenvalue weighted by Gasteiger charge is -2.21. The highest BCUT2D eigenvalue weighted by atomic mass is 19.1. The zero-order valence-corrected chi connectivity index (χ0v) is 18.1. The molecule has 0 spiro atoms.